The van der Waals surface area contributed by atoms with Gasteiger partial charge in [-0.3, -0.25) is 10.2 Å². The lowest BCUT2D eigenvalue weighted by atomic mass is 10.3. The second kappa shape index (κ2) is 7.01. The van der Waals surface area contributed by atoms with Crippen molar-refractivity contribution >= 4 is 17.3 Å². The lowest BCUT2D eigenvalue weighted by Gasteiger charge is -2.02. The summed E-state index contributed by atoms with van der Waals surface area (Å²) in [7, 11) is 0. The van der Waals surface area contributed by atoms with Crippen LogP contribution in [-0.2, 0) is 4.79 Å². The molecule has 0 fully saturated rings. The molecular weight excluding hydrogens is 216 g/mol. The number of benzene rings is 1. The molecule has 0 spiro atoms. The molecule has 1 aromatic carbocycles. The Kier molecular flexibility index (Phi) is 5.25. The van der Waals surface area contributed by atoms with Crippen molar-refractivity contribution in [3.63, 3.8) is 0 Å². The molecule has 5 heteroatoms. The van der Waals surface area contributed by atoms with E-state index in [-0.39, 0.29) is 5.71 Å². The van der Waals surface area contributed by atoms with Crippen molar-refractivity contribution in [1.82, 2.24) is 5.32 Å². The van der Waals surface area contributed by atoms with Gasteiger partial charge in [-0.2, -0.15) is 10.4 Å². The number of para-hydroxylation sites is 1. The molecule has 0 aromatic heterocycles. The minimum atomic E-state index is -0.460. The van der Waals surface area contributed by atoms with Gasteiger partial charge in [-0.05, 0) is 18.6 Å². The van der Waals surface area contributed by atoms with Crippen molar-refractivity contribution < 1.29 is 4.79 Å². The third-order valence-electron chi connectivity index (χ3n) is 1.93. The second-order valence-electron chi connectivity index (χ2n) is 3.31. The first-order valence-electron chi connectivity index (χ1n) is 5.35. The van der Waals surface area contributed by atoms with Gasteiger partial charge in [-0.25, -0.2) is 0 Å². The van der Waals surface area contributed by atoms with Gasteiger partial charge in [0.2, 0.25) is 5.71 Å². The molecule has 0 heterocycles. The average molecular weight is 230 g/mol. The first kappa shape index (κ1) is 12.7. The van der Waals surface area contributed by atoms with Crippen LogP contribution in [-0.4, -0.2) is 18.2 Å². The third-order valence-corrected chi connectivity index (χ3v) is 1.93. The Hall–Kier alpha value is -2.35. The number of hydrogen-bond acceptors (Lipinski definition) is 4. The van der Waals surface area contributed by atoms with Crippen LogP contribution >= 0.6 is 0 Å². The van der Waals surface area contributed by atoms with Crippen molar-refractivity contribution in [2.75, 3.05) is 12.0 Å². The Bertz CT molecular complexity index is 434. The number of hydrazone groups is 1. The maximum Gasteiger partial charge on any atom is 0.282 e. The van der Waals surface area contributed by atoms with Crippen LogP contribution in [0.3, 0.4) is 0 Å². The first-order valence-corrected chi connectivity index (χ1v) is 5.35. The van der Waals surface area contributed by atoms with Crippen molar-refractivity contribution in [1.29, 1.82) is 5.26 Å². The van der Waals surface area contributed by atoms with Gasteiger partial charge >= 0.3 is 0 Å². The summed E-state index contributed by atoms with van der Waals surface area (Å²) in [5, 5.41) is 15.1. The summed E-state index contributed by atoms with van der Waals surface area (Å²) in [5.74, 6) is -0.460. The van der Waals surface area contributed by atoms with Gasteiger partial charge in [0, 0.05) is 6.54 Å². The SMILES string of the molecule is CCCNC(=O)/C(C#N)=N/Nc1ccccc1. The highest BCUT2D eigenvalue weighted by Crippen LogP contribution is 2.04. The smallest absolute Gasteiger partial charge is 0.282 e. The largest absolute Gasteiger partial charge is 0.350 e. The number of anilines is 1. The average Bonchev–Trinajstić information content (AvgIpc) is 2.38. The van der Waals surface area contributed by atoms with E-state index in [9.17, 15) is 4.79 Å². The number of nitriles is 1. The summed E-state index contributed by atoms with van der Waals surface area (Å²) in [6, 6.07) is 10.9. The first-order chi connectivity index (χ1) is 8.27. The van der Waals surface area contributed by atoms with E-state index in [0.29, 0.717) is 6.54 Å². The van der Waals surface area contributed by atoms with Crippen LogP contribution < -0.4 is 10.7 Å². The van der Waals surface area contributed by atoms with Crippen LogP contribution in [0, 0.1) is 11.3 Å². The van der Waals surface area contributed by atoms with Crippen LogP contribution in [0.1, 0.15) is 13.3 Å². The fourth-order valence-corrected chi connectivity index (χ4v) is 1.08. The van der Waals surface area contributed by atoms with Crippen LogP contribution in [0.25, 0.3) is 0 Å². The third kappa shape index (κ3) is 4.34. The summed E-state index contributed by atoms with van der Waals surface area (Å²) >= 11 is 0. The summed E-state index contributed by atoms with van der Waals surface area (Å²) in [6.45, 7) is 2.47. The highest BCUT2D eigenvalue weighted by atomic mass is 16.1. The van der Waals surface area contributed by atoms with Gasteiger partial charge in [0.15, 0.2) is 0 Å². The molecule has 0 bridgehead atoms. The van der Waals surface area contributed by atoms with Crippen LogP contribution in [0.5, 0.6) is 0 Å². The summed E-state index contributed by atoms with van der Waals surface area (Å²) in [6.07, 6.45) is 0.816. The molecule has 1 amide bonds. The maximum absolute atomic E-state index is 11.5. The van der Waals surface area contributed by atoms with Crippen molar-refractivity contribution in [2.45, 2.75) is 13.3 Å². The van der Waals surface area contributed by atoms with E-state index in [1.54, 1.807) is 18.2 Å². The summed E-state index contributed by atoms with van der Waals surface area (Å²) in [5.41, 5.74) is 3.20. The van der Waals surface area contributed by atoms with Crippen molar-refractivity contribution in [3.8, 4) is 6.07 Å². The Labute approximate surface area is 100 Å². The molecule has 0 aliphatic carbocycles. The van der Waals surface area contributed by atoms with E-state index in [1.165, 1.54) is 0 Å². The Balaban J connectivity index is 2.62. The normalized spacial score (nSPS) is 10.5. The fourth-order valence-electron chi connectivity index (χ4n) is 1.08. The minimum absolute atomic E-state index is 0.178. The summed E-state index contributed by atoms with van der Waals surface area (Å²) < 4.78 is 0. The molecule has 88 valence electrons. The van der Waals surface area contributed by atoms with E-state index in [0.717, 1.165) is 12.1 Å². The van der Waals surface area contributed by atoms with Crippen LogP contribution in [0.2, 0.25) is 0 Å². The number of carbonyl (C=O) groups is 1. The molecule has 0 saturated carbocycles. The van der Waals surface area contributed by atoms with Gasteiger partial charge < -0.3 is 5.32 Å². The highest BCUT2D eigenvalue weighted by molar-refractivity contribution is 6.45. The topological polar surface area (TPSA) is 77.3 Å². The zero-order valence-corrected chi connectivity index (χ0v) is 9.60. The number of carbonyl (C=O) groups excluding carboxylic acids is 1. The van der Waals surface area contributed by atoms with Crippen molar-refractivity contribution in [3.05, 3.63) is 30.3 Å². The molecule has 1 rings (SSSR count). The van der Waals surface area contributed by atoms with E-state index in [4.69, 9.17) is 5.26 Å². The number of hydrogen-bond donors (Lipinski definition) is 2. The molecule has 0 radical (unpaired) electrons. The Morgan fingerprint density at radius 2 is 2.12 bits per heavy atom. The van der Waals surface area contributed by atoms with Gasteiger partial charge in [-0.15, -0.1) is 0 Å². The molecular formula is C12H14N4O. The lowest BCUT2D eigenvalue weighted by Crippen LogP contribution is -2.31. The van der Waals surface area contributed by atoms with Crippen LogP contribution in [0.15, 0.2) is 35.4 Å². The minimum Gasteiger partial charge on any atom is -0.350 e. The van der Waals surface area contributed by atoms with Crippen LogP contribution in [0.4, 0.5) is 5.69 Å². The molecule has 0 aliphatic heterocycles. The Morgan fingerprint density at radius 3 is 2.71 bits per heavy atom. The quantitative estimate of drug-likeness (QED) is 0.594. The second-order valence-corrected chi connectivity index (χ2v) is 3.31. The maximum atomic E-state index is 11.5. The standard InChI is InChI=1S/C12H14N4O/c1-2-8-14-12(17)11(9-13)16-15-10-6-4-3-5-7-10/h3-7,15H,2,8H2,1H3,(H,14,17)/b16-11+. The fraction of sp³-hybridized carbons (Fsp3) is 0.250. The zero-order chi connectivity index (χ0) is 12.5. The highest BCUT2D eigenvalue weighted by Gasteiger charge is 2.09. The monoisotopic (exact) mass is 230 g/mol. The molecule has 1 aromatic rings. The van der Waals surface area contributed by atoms with E-state index < -0.39 is 5.91 Å². The van der Waals surface area contributed by atoms with E-state index in [1.807, 2.05) is 25.1 Å². The predicted octanol–water partition coefficient (Wildman–Crippen LogP) is 1.50. The van der Waals surface area contributed by atoms with Gasteiger partial charge in [0.1, 0.15) is 6.07 Å². The number of nitrogens with one attached hydrogen (secondary N) is 2. The molecule has 0 saturated heterocycles. The van der Waals surface area contributed by atoms with E-state index >= 15 is 0 Å². The lowest BCUT2D eigenvalue weighted by molar-refractivity contribution is -0.114. The molecule has 5 nitrogen and oxygen atoms in total. The predicted molar refractivity (Wildman–Crippen MR) is 66.4 cm³/mol. The Morgan fingerprint density at radius 1 is 1.41 bits per heavy atom. The molecule has 0 unspecified atom stereocenters. The van der Waals surface area contributed by atoms with Gasteiger partial charge in [0.25, 0.3) is 5.91 Å². The van der Waals surface area contributed by atoms with Gasteiger partial charge in [0.05, 0.1) is 5.69 Å². The summed E-state index contributed by atoms with van der Waals surface area (Å²) in [4.78, 5) is 11.5. The molecule has 0 atom stereocenters. The molecule has 0 aliphatic rings. The van der Waals surface area contributed by atoms with E-state index in [2.05, 4.69) is 15.8 Å². The van der Waals surface area contributed by atoms with Gasteiger partial charge in [-0.1, -0.05) is 25.1 Å². The molecule has 17 heavy (non-hydrogen) atoms. The van der Waals surface area contributed by atoms with Crippen molar-refractivity contribution in [2.24, 2.45) is 5.10 Å². The molecule has 2 N–H and O–H groups in total. The number of nitrogens with zero attached hydrogens (tertiary/aromatic N) is 2. The zero-order valence-electron chi connectivity index (χ0n) is 9.60. The number of amides is 1. The number of rotatable bonds is 5.